The van der Waals surface area contributed by atoms with Crippen molar-refractivity contribution in [1.29, 1.82) is 0 Å². The number of aromatic nitrogens is 2. The second-order valence-corrected chi connectivity index (χ2v) is 6.83. The predicted octanol–water partition coefficient (Wildman–Crippen LogP) is 5.09. The predicted molar refractivity (Wildman–Crippen MR) is 111 cm³/mol. The normalized spacial score (nSPS) is 10.5. The topological polar surface area (TPSA) is 85.0 Å². The minimum absolute atomic E-state index is 0.0723. The summed E-state index contributed by atoms with van der Waals surface area (Å²) in [5.41, 5.74) is 0.643. The van der Waals surface area contributed by atoms with Gasteiger partial charge in [-0.15, -0.1) is 0 Å². The number of hydrogen-bond donors (Lipinski definition) is 2. The molecule has 0 bridgehead atoms. The van der Waals surface area contributed by atoms with Crippen molar-refractivity contribution >= 4 is 57.7 Å². The molecule has 1 aromatic heterocycles. The number of benzene rings is 2. The fourth-order valence-corrected chi connectivity index (χ4v) is 3.01. The van der Waals surface area contributed by atoms with Crippen molar-refractivity contribution in [3.8, 4) is 0 Å². The van der Waals surface area contributed by atoms with Crippen LogP contribution in [0, 0.1) is 15.9 Å². The maximum atomic E-state index is 13.9. The molecule has 0 aliphatic rings. The van der Waals surface area contributed by atoms with Gasteiger partial charge in [-0.3, -0.25) is 14.8 Å². The minimum Gasteiger partial charge on any atom is -0.332 e. The average Bonchev–Trinajstić information content (AvgIpc) is 2.97. The van der Waals surface area contributed by atoms with Crippen molar-refractivity contribution in [3.63, 3.8) is 0 Å². The number of anilines is 2. The quantitative estimate of drug-likeness (QED) is 0.327. The molecule has 0 aliphatic carbocycles. The zero-order valence-electron chi connectivity index (χ0n) is 14.0. The van der Waals surface area contributed by atoms with E-state index < -0.39 is 10.7 Å². The molecule has 1 heterocycles. The summed E-state index contributed by atoms with van der Waals surface area (Å²) in [6.07, 6.45) is 1.50. The summed E-state index contributed by atoms with van der Waals surface area (Å²) in [5, 5.41) is 21.4. The van der Waals surface area contributed by atoms with Crippen LogP contribution in [0.1, 0.15) is 5.56 Å². The number of thiocarbonyl (C=S) groups is 1. The summed E-state index contributed by atoms with van der Waals surface area (Å²) in [7, 11) is 0. The van der Waals surface area contributed by atoms with Crippen molar-refractivity contribution in [1.82, 2.24) is 9.78 Å². The number of nitrogens with zero attached hydrogens (tertiary/aromatic N) is 3. The standard InChI is InChI=1S/C17H12Cl2FN5O2S/c18-13-5-2-6-15(20)12(13)8-24-9-14(19)16(23-24)22-17(28)21-10-3-1-4-11(7-10)25(26)27/h1-7,9H,8H2,(H2,21,22,23,28). The van der Waals surface area contributed by atoms with Crippen LogP contribution in [-0.4, -0.2) is 19.8 Å². The van der Waals surface area contributed by atoms with E-state index in [1.54, 1.807) is 12.1 Å². The largest absolute Gasteiger partial charge is 0.332 e. The Hall–Kier alpha value is -2.75. The smallest absolute Gasteiger partial charge is 0.271 e. The lowest BCUT2D eigenvalue weighted by atomic mass is 10.2. The highest BCUT2D eigenvalue weighted by atomic mass is 35.5. The molecule has 0 saturated carbocycles. The molecule has 3 rings (SSSR count). The Balaban J connectivity index is 1.70. The SMILES string of the molecule is O=[N+]([O-])c1cccc(NC(=S)Nc2nn(Cc3c(F)cccc3Cl)cc2Cl)c1. The van der Waals surface area contributed by atoms with Gasteiger partial charge in [0.25, 0.3) is 5.69 Å². The van der Waals surface area contributed by atoms with Crippen LogP contribution in [0.25, 0.3) is 0 Å². The second-order valence-electron chi connectivity index (χ2n) is 5.61. The Kier molecular flexibility index (Phi) is 6.08. The first-order chi connectivity index (χ1) is 13.3. The Bertz CT molecular complexity index is 1040. The number of nitro benzene ring substituents is 1. The van der Waals surface area contributed by atoms with Crippen molar-refractivity contribution in [2.75, 3.05) is 10.6 Å². The van der Waals surface area contributed by atoms with Crippen LogP contribution in [0.4, 0.5) is 21.6 Å². The lowest BCUT2D eigenvalue weighted by Crippen LogP contribution is -2.19. The van der Waals surface area contributed by atoms with Gasteiger partial charge in [0.1, 0.15) is 10.8 Å². The Morgan fingerprint density at radius 3 is 2.68 bits per heavy atom. The number of nitrogens with one attached hydrogen (secondary N) is 2. The molecule has 0 saturated heterocycles. The van der Waals surface area contributed by atoms with Crippen LogP contribution >= 0.6 is 35.4 Å². The van der Waals surface area contributed by atoms with Crippen LogP contribution in [0.3, 0.4) is 0 Å². The van der Waals surface area contributed by atoms with Crippen molar-refractivity contribution in [2.24, 2.45) is 0 Å². The van der Waals surface area contributed by atoms with Crippen LogP contribution in [0.2, 0.25) is 10.0 Å². The second kappa shape index (κ2) is 8.51. The molecule has 0 unspecified atom stereocenters. The maximum absolute atomic E-state index is 13.9. The van der Waals surface area contributed by atoms with Gasteiger partial charge in [-0.1, -0.05) is 35.3 Å². The Labute approximate surface area is 174 Å². The summed E-state index contributed by atoms with van der Waals surface area (Å²) in [6.45, 7) is 0.0813. The van der Waals surface area contributed by atoms with E-state index in [0.717, 1.165) is 0 Å². The van der Waals surface area contributed by atoms with Gasteiger partial charge in [-0.25, -0.2) is 4.39 Å². The third kappa shape index (κ3) is 4.75. The fourth-order valence-electron chi connectivity index (χ4n) is 2.38. The van der Waals surface area contributed by atoms with E-state index in [1.165, 1.54) is 41.2 Å². The number of nitro groups is 1. The lowest BCUT2D eigenvalue weighted by Gasteiger charge is -2.09. The molecule has 0 spiro atoms. The Morgan fingerprint density at radius 1 is 1.21 bits per heavy atom. The van der Waals surface area contributed by atoms with E-state index in [4.69, 9.17) is 35.4 Å². The van der Waals surface area contributed by atoms with Gasteiger partial charge >= 0.3 is 0 Å². The molecule has 7 nitrogen and oxygen atoms in total. The molecule has 0 amide bonds. The van der Waals surface area contributed by atoms with Crippen LogP contribution in [0.15, 0.2) is 48.7 Å². The summed E-state index contributed by atoms with van der Waals surface area (Å²) >= 11 is 17.4. The first-order valence-corrected chi connectivity index (χ1v) is 8.98. The van der Waals surface area contributed by atoms with Crippen LogP contribution < -0.4 is 10.6 Å². The van der Waals surface area contributed by atoms with Gasteiger partial charge in [-0.2, -0.15) is 5.10 Å². The van der Waals surface area contributed by atoms with Gasteiger partial charge in [0, 0.05) is 34.6 Å². The monoisotopic (exact) mass is 439 g/mol. The van der Waals surface area contributed by atoms with Gasteiger partial charge < -0.3 is 10.6 Å². The fraction of sp³-hybridized carbons (Fsp3) is 0.0588. The van der Waals surface area contributed by atoms with Crippen LogP contribution in [-0.2, 0) is 6.54 Å². The van der Waals surface area contributed by atoms with E-state index in [0.29, 0.717) is 5.69 Å². The third-order valence-corrected chi connectivity index (χ3v) is 4.48. The van der Waals surface area contributed by atoms with Crippen molar-refractivity contribution in [2.45, 2.75) is 6.54 Å². The summed E-state index contributed by atoms with van der Waals surface area (Å²) in [5.74, 6) is -0.200. The van der Waals surface area contributed by atoms with Gasteiger partial charge in [0.2, 0.25) is 0 Å². The molecule has 0 fully saturated rings. The average molecular weight is 440 g/mol. The van der Waals surface area contributed by atoms with Crippen molar-refractivity contribution in [3.05, 3.63) is 80.2 Å². The van der Waals surface area contributed by atoms with Gasteiger partial charge in [-0.05, 0) is 30.4 Å². The molecule has 2 N–H and O–H groups in total. The number of halogens is 3. The molecule has 0 aliphatic heterocycles. The molecule has 28 heavy (non-hydrogen) atoms. The lowest BCUT2D eigenvalue weighted by molar-refractivity contribution is -0.384. The highest BCUT2D eigenvalue weighted by Gasteiger charge is 2.13. The highest BCUT2D eigenvalue weighted by molar-refractivity contribution is 7.80. The highest BCUT2D eigenvalue weighted by Crippen LogP contribution is 2.24. The summed E-state index contributed by atoms with van der Waals surface area (Å²) < 4.78 is 15.4. The number of non-ortho nitro benzene ring substituents is 1. The summed E-state index contributed by atoms with van der Waals surface area (Å²) in [4.78, 5) is 10.3. The first-order valence-electron chi connectivity index (χ1n) is 7.82. The molecular weight excluding hydrogens is 428 g/mol. The van der Waals surface area contributed by atoms with E-state index in [-0.39, 0.29) is 38.8 Å². The van der Waals surface area contributed by atoms with E-state index in [2.05, 4.69) is 15.7 Å². The minimum atomic E-state index is -0.506. The maximum Gasteiger partial charge on any atom is 0.271 e. The van der Waals surface area contributed by atoms with Gasteiger partial charge in [0.05, 0.1) is 11.5 Å². The molecule has 11 heteroatoms. The van der Waals surface area contributed by atoms with E-state index in [9.17, 15) is 14.5 Å². The zero-order chi connectivity index (χ0) is 20.3. The molecular formula is C17H12Cl2FN5O2S. The zero-order valence-corrected chi connectivity index (χ0v) is 16.4. The van der Waals surface area contributed by atoms with Crippen molar-refractivity contribution < 1.29 is 9.31 Å². The van der Waals surface area contributed by atoms with Gasteiger partial charge in [0.15, 0.2) is 10.9 Å². The molecule has 144 valence electrons. The number of rotatable bonds is 5. The molecule has 0 radical (unpaired) electrons. The first kappa shape index (κ1) is 20.0. The number of hydrogen-bond acceptors (Lipinski definition) is 4. The molecule has 0 atom stereocenters. The van der Waals surface area contributed by atoms with E-state index >= 15 is 0 Å². The third-order valence-electron chi connectivity index (χ3n) is 3.65. The Morgan fingerprint density at radius 2 is 1.96 bits per heavy atom. The van der Waals surface area contributed by atoms with Crippen LogP contribution in [0.5, 0.6) is 0 Å². The molecule has 3 aromatic rings. The molecule has 2 aromatic carbocycles. The van der Waals surface area contributed by atoms with E-state index in [1.807, 2.05) is 0 Å². The summed E-state index contributed by atoms with van der Waals surface area (Å²) in [6, 6.07) is 10.3.